The molecule has 6 heteroatoms. The molecule has 14 heavy (non-hydrogen) atoms. The Hall–Kier alpha value is -0.150. The van der Waals surface area contributed by atoms with Gasteiger partial charge in [-0.25, -0.2) is 4.57 Å². The van der Waals surface area contributed by atoms with Gasteiger partial charge in [0.25, 0.3) is 0 Å². The molecule has 0 N–H and O–H groups in total. The van der Waals surface area contributed by atoms with Crippen LogP contribution in [0.25, 0.3) is 0 Å². The standard InChI is InChI=1S/C8H10ClO3PS/c1-14-7-11-13(9,10)12-8-5-3-2-4-6-8/h2-6H,7H2,1H3. The number of benzene rings is 1. The molecule has 0 aliphatic heterocycles. The van der Waals surface area contributed by atoms with Gasteiger partial charge in [-0.2, -0.15) is 0 Å². The zero-order chi connectivity index (χ0) is 10.4. The van der Waals surface area contributed by atoms with Crippen LogP contribution in [0.3, 0.4) is 0 Å². The molecule has 0 heterocycles. The van der Waals surface area contributed by atoms with Gasteiger partial charge in [-0.15, -0.1) is 11.8 Å². The third kappa shape index (κ3) is 4.38. The Morgan fingerprint density at radius 1 is 1.43 bits per heavy atom. The SMILES string of the molecule is CSCOP(=O)(Cl)Oc1ccccc1. The summed E-state index contributed by atoms with van der Waals surface area (Å²) in [4.78, 5) is 0. The van der Waals surface area contributed by atoms with Crippen molar-refractivity contribution in [3.8, 4) is 5.75 Å². The van der Waals surface area contributed by atoms with E-state index in [0.717, 1.165) is 0 Å². The van der Waals surface area contributed by atoms with Gasteiger partial charge < -0.3 is 4.52 Å². The normalized spacial score (nSPS) is 14.7. The van der Waals surface area contributed by atoms with Gasteiger partial charge in [0.1, 0.15) is 11.7 Å². The van der Waals surface area contributed by atoms with Gasteiger partial charge in [0, 0.05) is 11.2 Å². The van der Waals surface area contributed by atoms with Crippen LogP contribution in [0, 0.1) is 0 Å². The second kappa shape index (κ2) is 5.66. The van der Waals surface area contributed by atoms with E-state index in [-0.39, 0.29) is 5.94 Å². The summed E-state index contributed by atoms with van der Waals surface area (Å²) in [6, 6.07) is 8.69. The molecule has 1 aromatic rings. The van der Waals surface area contributed by atoms with Crippen molar-refractivity contribution < 1.29 is 13.6 Å². The Bertz CT molecular complexity index is 320. The van der Waals surface area contributed by atoms with Gasteiger partial charge in [0.15, 0.2) is 0 Å². The van der Waals surface area contributed by atoms with Crippen molar-refractivity contribution >= 4 is 30.0 Å². The Morgan fingerprint density at radius 2 is 2.07 bits per heavy atom. The first-order valence-electron chi connectivity index (χ1n) is 3.82. The lowest BCUT2D eigenvalue weighted by Gasteiger charge is -2.11. The van der Waals surface area contributed by atoms with Crippen LogP contribution in [-0.2, 0) is 9.09 Å². The Morgan fingerprint density at radius 3 is 2.64 bits per heavy atom. The lowest BCUT2D eigenvalue weighted by molar-refractivity contribution is 0.328. The number of rotatable bonds is 5. The van der Waals surface area contributed by atoms with E-state index >= 15 is 0 Å². The highest BCUT2D eigenvalue weighted by atomic mass is 35.7. The molecular weight excluding hydrogens is 243 g/mol. The maximum atomic E-state index is 11.4. The first-order chi connectivity index (χ1) is 6.64. The van der Waals surface area contributed by atoms with Gasteiger partial charge in [-0.3, -0.25) is 4.52 Å². The van der Waals surface area contributed by atoms with Crippen LogP contribution in [0.15, 0.2) is 30.3 Å². The number of hydrogen-bond donors (Lipinski definition) is 0. The fourth-order valence-electron chi connectivity index (χ4n) is 0.749. The van der Waals surface area contributed by atoms with Crippen LogP contribution < -0.4 is 4.52 Å². The van der Waals surface area contributed by atoms with E-state index in [1.54, 1.807) is 24.3 Å². The van der Waals surface area contributed by atoms with Gasteiger partial charge in [0.2, 0.25) is 0 Å². The Balaban J connectivity index is 2.55. The van der Waals surface area contributed by atoms with E-state index in [0.29, 0.717) is 5.75 Å². The van der Waals surface area contributed by atoms with Crippen LogP contribution in [0.1, 0.15) is 0 Å². The van der Waals surface area contributed by atoms with E-state index in [1.807, 2.05) is 12.3 Å². The zero-order valence-electron chi connectivity index (χ0n) is 7.55. The van der Waals surface area contributed by atoms with Gasteiger partial charge in [-0.1, -0.05) is 18.2 Å². The molecule has 0 amide bonds. The summed E-state index contributed by atoms with van der Waals surface area (Å²) in [5.41, 5.74) is 0. The molecular formula is C8H10ClO3PS. The van der Waals surface area contributed by atoms with Crippen LogP contribution in [-0.4, -0.2) is 12.2 Å². The van der Waals surface area contributed by atoms with Gasteiger partial charge >= 0.3 is 6.95 Å². The average molecular weight is 253 g/mol. The summed E-state index contributed by atoms with van der Waals surface area (Å²) in [6.07, 6.45) is 1.82. The molecule has 78 valence electrons. The largest absolute Gasteiger partial charge is 0.477 e. The molecule has 1 unspecified atom stereocenters. The predicted molar refractivity (Wildman–Crippen MR) is 60.0 cm³/mol. The quantitative estimate of drug-likeness (QED) is 0.591. The minimum Gasteiger partial charge on any atom is -0.413 e. The van der Waals surface area contributed by atoms with E-state index in [4.69, 9.17) is 20.3 Å². The molecule has 1 atom stereocenters. The number of hydrogen-bond acceptors (Lipinski definition) is 4. The van der Waals surface area contributed by atoms with Crippen molar-refractivity contribution in [3.63, 3.8) is 0 Å². The number of para-hydroxylation sites is 1. The van der Waals surface area contributed by atoms with Crippen LogP contribution in [0.5, 0.6) is 5.75 Å². The van der Waals surface area contributed by atoms with Crippen molar-refractivity contribution in [2.75, 3.05) is 12.2 Å². The second-order valence-electron chi connectivity index (χ2n) is 2.37. The zero-order valence-corrected chi connectivity index (χ0v) is 10.0. The van der Waals surface area contributed by atoms with Crippen molar-refractivity contribution in [1.82, 2.24) is 0 Å². The van der Waals surface area contributed by atoms with E-state index in [1.165, 1.54) is 11.8 Å². The van der Waals surface area contributed by atoms with E-state index in [2.05, 4.69) is 0 Å². The highest BCUT2D eigenvalue weighted by Crippen LogP contribution is 2.53. The fraction of sp³-hybridized carbons (Fsp3) is 0.250. The highest BCUT2D eigenvalue weighted by Gasteiger charge is 2.21. The monoisotopic (exact) mass is 252 g/mol. The second-order valence-corrected chi connectivity index (χ2v) is 5.73. The molecule has 1 rings (SSSR count). The lowest BCUT2D eigenvalue weighted by Crippen LogP contribution is -1.91. The molecule has 0 fully saturated rings. The number of thioether (sulfide) groups is 1. The van der Waals surface area contributed by atoms with E-state index in [9.17, 15) is 4.57 Å². The summed E-state index contributed by atoms with van der Waals surface area (Å²) < 4.78 is 21.3. The van der Waals surface area contributed by atoms with Crippen molar-refractivity contribution in [1.29, 1.82) is 0 Å². The van der Waals surface area contributed by atoms with Gasteiger partial charge in [-0.05, 0) is 18.4 Å². The maximum absolute atomic E-state index is 11.4. The Labute approximate surface area is 92.1 Å². The first kappa shape index (κ1) is 11.9. The minimum absolute atomic E-state index is 0.244. The summed E-state index contributed by atoms with van der Waals surface area (Å²) in [7, 11) is 0. The summed E-state index contributed by atoms with van der Waals surface area (Å²) in [6.45, 7) is -3.48. The third-order valence-corrected chi connectivity index (χ3v) is 3.18. The summed E-state index contributed by atoms with van der Waals surface area (Å²) in [5.74, 6) is 0.681. The van der Waals surface area contributed by atoms with Crippen LogP contribution >= 0.6 is 30.0 Å². The lowest BCUT2D eigenvalue weighted by atomic mass is 10.3. The highest BCUT2D eigenvalue weighted by molar-refractivity contribution is 7.98. The van der Waals surface area contributed by atoms with Crippen LogP contribution in [0.2, 0.25) is 0 Å². The molecule has 0 radical (unpaired) electrons. The van der Waals surface area contributed by atoms with Crippen LogP contribution in [0.4, 0.5) is 0 Å². The molecule has 1 aromatic carbocycles. The molecule has 0 spiro atoms. The predicted octanol–water partition coefficient (Wildman–Crippen LogP) is 3.75. The first-order valence-corrected chi connectivity index (χ1v) is 7.66. The third-order valence-electron chi connectivity index (χ3n) is 1.28. The molecule has 0 aliphatic carbocycles. The van der Waals surface area contributed by atoms with E-state index < -0.39 is 6.95 Å². The Kier molecular flexibility index (Phi) is 4.82. The summed E-state index contributed by atoms with van der Waals surface area (Å²) in [5, 5.41) is 0. The molecule has 0 aliphatic rings. The van der Waals surface area contributed by atoms with Crippen molar-refractivity contribution in [2.24, 2.45) is 0 Å². The van der Waals surface area contributed by atoms with Crippen molar-refractivity contribution in [2.45, 2.75) is 0 Å². The topological polar surface area (TPSA) is 35.5 Å². The van der Waals surface area contributed by atoms with Gasteiger partial charge in [0.05, 0.1) is 0 Å². The van der Waals surface area contributed by atoms with Crippen molar-refractivity contribution in [3.05, 3.63) is 30.3 Å². The maximum Gasteiger partial charge on any atom is 0.477 e. The molecule has 3 nitrogen and oxygen atoms in total. The molecule has 0 saturated heterocycles. The molecule has 0 saturated carbocycles. The fourth-order valence-corrected chi connectivity index (χ4v) is 2.70. The average Bonchev–Trinajstić information content (AvgIpc) is 2.16. The minimum atomic E-state index is -3.48. The summed E-state index contributed by atoms with van der Waals surface area (Å²) >= 11 is 6.93. The number of halogens is 1. The molecule has 0 aromatic heterocycles. The molecule has 0 bridgehead atoms. The smallest absolute Gasteiger partial charge is 0.413 e.